The third-order valence-corrected chi connectivity index (χ3v) is 5.82. The molecule has 2 atom stereocenters. The molecular weight excluding hydrogens is 394 g/mol. The van der Waals surface area contributed by atoms with Crippen molar-refractivity contribution in [1.29, 1.82) is 0 Å². The van der Waals surface area contributed by atoms with Gasteiger partial charge in [0.25, 0.3) is 5.91 Å². The SMILES string of the molecule is CC(NC(=O)c1ccn(C2CCCNC2)n1)c1nc(-c2ccccc2)cs1.Cl. The lowest BCUT2D eigenvalue weighted by atomic mass is 10.1. The molecule has 4 rings (SSSR count). The van der Waals surface area contributed by atoms with Crippen LogP contribution in [-0.4, -0.2) is 33.8 Å². The second-order valence-corrected chi connectivity index (χ2v) is 7.70. The highest BCUT2D eigenvalue weighted by molar-refractivity contribution is 7.10. The van der Waals surface area contributed by atoms with Gasteiger partial charge in [0.1, 0.15) is 10.7 Å². The molecule has 0 saturated carbocycles. The second-order valence-electron chi connectivity index (χ2n) is 6.81. The number of hydrogen-bond donors (Lipinski definition) is 2. The molecule has 1 aliphatic rings. The van der Waals surface area contributed by atoms with Gasteiger partial charge in [0.05, 0.1) is 17.8 Å². The van der Waals surface area contributed by atoms with E-state index in [0.717, 1.165) is 42.2 Å². The number of aromatic nitrogens is 3. The molecule has 0 aliphatic carbocycles. The van der Waals surface area contributed by atoms with Gasteiger partial charge in [-0.05, 0) is 32.4 Å². The average Bonchev–Trinajstić information content (AvgIpc) is 3.39. The number of piperidine rings is 1. The monoisotopic (exact) mass is 417 g/mol. The van der Waals surface area contributed by atoms with Gasteiger partial charge in [-0.25, -0.2) is 4.98 Å². The van der Waals surface area contributed by atoms with Crippen LogP contribution in [0, 0.1) is 0 Å². The van der Waals surface area contributed by atoms with Crippen LogP contribution in [0.15, 0.2) is 48.0 Å². The van der Waals surface area contributed by atoms with Crippen molar-refractivity contribution < 1.29 is 4.79 Å². The Morgan fingerprint density at radius 3 is 2.89 bits per heavy atom. The minimum atomic E-state index is -0.165. The predicted molar refractivity (Wildman–Crippen MR) is 114 cm³/mol. The fraction of sp³-hybridized carbons (Fsp3) is 0.350. The van der Waals surface area contributed by atoms with Crippen molar-refractivity contribution in [3.05, 3.63) is 58.7 Å². The van der Waals surface area contributed by atoms with Crippen LogP contribution in [0.4, 0.5) is 0 Å². The molecular formula is C20H24ClN5OS. The average molecular weight is 418 g/mol. The Kier molecular flexibility index (Phi) is 6.83. The van der Waals surface area contributed by atoms with E-state index in [9.17, 15) is 4.79 Å². The molecule has 3 aromatic rings. The molecule has 0 radical (unpaired) electrons. The van der Waals surface area contributed by atoms with Gasteiger partial charge in [-0.3, -0.25) is 9.48 Å². The molecule has 1 aliphatic heterocycles. The molecule has 1 saturated heterocycles. The van der Waals surface area contributed by atoms with E-state index in [1.807, 2.05) is 53.5 Å². The lowest BCUT2D eigenvalue weighted by molar-refractivity contribution is 0.0933. The first-order chi connectivity index (χ1) is 13.2. The Balaban J connectivity index is 0.00000225. The Morgan fingerprint density at radius 1 is 1.32 bits per heavy atom. The van der Waals surface area contributed by atoms with Gasteiger partial charge in [0, 0.05) is 23.7 Å². The third kappa shape index (κ3) is 4.60. The zero-order valence-corrected chi connectivity index (χ0v) is 17.3. The fourth-order valence-electron chi connectivity index (χ4n) is 3.28. The number of nitrogens with one attached hydrogen (secondary N) is 2. The maximum Gasteiger partial charge on any atom is 0.272 e. The van der Waals surface area contributed by atoms with Crippen molar-refractivity contribution in [3.63, 3.8) is 0 Å². The summed E-state index contributed by atoms with van der Waals surface area (Å²) in [5.41, 5.74) is 2.47. The molecule has 2 aromatic heterocycles. The Hall–Kier alpha value is -2.22. The lowest BCUT2D eigenvalue weighted by Crippen LogP contribution is -2.32. The normalized spacial score (nSPS) is 17.5. The molecule has 1 aromatic carbocycles. The molecule has 0 spiro atoms. The highest BCUT2D eigenvalue weighted by atomic mass is 35.5. The largest absolute Gasteiger partial charge is 0.342 e. The first-order valence-electron chi connectivity index (χ1n) is 9.28. The number of thiazole rings is 1. The van der Waals surface area contributed by atoms with Crippen LogP contribution < -0.4 is 10.6 Å². The Morgan fingerprint density at radius 2 is 2.14 bits per heavy atom. The number of halogens is 1. The molecule has 8 heteroatoms. The van der Waals surface area contributed by atoms with E-state index in [1.165, 1.54) is 0 Å². The molecule has 148 valence electrons. The number of amides is 1. The van der Waals surface area contributed by atoms with Gasteiger partial charge in [-0.15, -0.1) is 23.7 Å². The summed E-state index contributed by atoms with van der Waals surface area (Å²) in [7, 11) is 0. The van der Waals surface area contributed by atoms with Crippen molar-refractivity contribution in [2.75, 3.05) is 13.1 Å². The van der Waals surface area contributed by atoms with Crippen LogP contribution in [0.5, 0.6) is 0 Å². The predicted octanol–water partition coefficient (Wildman–Crippen LogP) is 3.84. The number of rotatable bonds is 5. The van der Waals surface area contributed by atoms with E-state index < -0.39 is 0 Å². The summed E-state index contributed by atoms with van der Waals surface area (Å²) in [5, 5.41) is 13.8. The van der Waals surface area contributed by atoms with Crippen LogP contribution in [-0.2, 0) is 0 Å². The maximum absolute atomic E-state index is 12.6. The van der Waals surface area contributed by atoms with Crippen LogP contribution in [0.3, 0.4) is 0 Å². The molecule has 2 unspecified atom stereocenters. The fourth-order valence-corrected chi connectivity index (χ4v) is 4.12. The molecule has 2 N–H and O–H groups in total. The van der Waals surface area contributed by atoms with E-state index >= 15 is 0 Å². The third-order valence-electron chi connectivity index (χ3n) is 4.80. The molecule has 3 heterocycles. The minimum Gasteiger partial charge on any atom is -0.342 e. The number of hydrogen-bond acceptors (Lipinski definition) is 5. The van der Waals surface area contributed by atoms with Crippen molar-refractivity contribution in [3.8, 4) is 11.3 Å². The van der Waals surface area contributed by atoms with E-state index in [0.29, 0.717) is 11.7 Å². The van der Waals surface area contributed by atoms with Crippen LogP contribution in [0.1, 0.15) is 47.3 Å². The second kappa shape index (κ2) is 9.32. The summed E-state index contributed by atoms with van der Waals surface area (Å²) in [6, 6.07) is 12.0. The highest BCUT2D eigenvalue weighted by Gasteiger charge is 2.20. The Labute approximate surface area is 174 Å². The van der Waals surface area contributed by atoms with Crippen LogP contribution in [0.25, 0.3) is 11.3 Å². The van der Waals surface area contributed by atoms with Gasteiger partial charge in [0.2, 0.25) is 0 Å². The van der Waals surface area contributed by atoms with Crippen molar-refractivity contribution >= 4 is 29.7 Å². The van der Waals surface area contributed by atoms with Crippen molar-refractivity contribution in [2.45, 2.75) is 31.8 Å². The first-order valence-corrected chi connectivity index (χ1v) is 10.2. The molecule has 6 nitrogen and oxygen atoms in total. The molecule has 1 amide bonds. The summed E-state index contributed by atoms with van der Waals surface area (Å²) in [5.74, 6) is -0.165. The van der Waals surface area contributed by atoms with E-state index in [2.05, 4.69) is 20.7 Å². The van der Waals surface area contributed by atoms with Gasteiger partial charge in [0.15, 0.2) is 0 Å². The first kappa shape index (κ1) is 20.5. The quantitative estimate of drug-likeness (QED) is 0.661. The standard InChI is InChI=1S/C20H23N5OS.ClH/c1-14(20-23-18(13-27-20)15-6-3-2-4-7-15)22-19(26)17-9-11-25(24-17)16-8-5-10-21-12-16;/h2-4,6-7,9,11,13-14,16,21H,5,8,10,12H2,1H3,(H,22,26);1H. The number of nitrogens with zero attached hydrogens (tertiary/aromatic N) is 3. The lowest BCUT2D eigenvalue weighted by Gasteiger charge is -2.22. The summed E-state index contributed by atoms with van der Waals surface area (Å²) >= 11 is 1.56. The zero-order valence-electron chi connectivity index (χ0n) is 15.7. The molecule has 1 fully saturated rings. The molecule has 28 heavy (non-hydrogen) atoms. The molecule has 0 bridgehead atoms. The zero-order chi connectivity index (χ0) is 18.6. The number of benzene rings is 1. The van der Waals surface area contributed by atoms with Gasteiger partial charge >= 0.3 is 0 Å². The summed E-state index contributed by atoms with van der Waals surface area (Å²) in [6.07, 6.45) is 4.12. The van der Waals surface area contributed by atoms with Crippen LogP contribution in [0.2, 0.25) is 0 Å². The van der Waals surface area contributed by atoms with Crippen molar-refractivity contribution in [1.82, 2.24) is 25.4 Å². The minimum absolute atomic E-state index is 0. The smallest absolute Gasteiger partial charge is 0.272 e. The van der Waals surface area contributed by atoms with E-state index in [4.69, 9.17) is 0 Å². The van der Waals surface area contributed by atoms with Gasteiger partial charge in [-0.2, -0.15) is 5.10 Å². The highest BCUT2D eigenvalue weighted by Crippen LogP contribution is 2.25. The van der Waals surface area contributed by atoms with Gasteiger partial charge in [-0.1, -0.05) is 30.3 Å². The van der Waals surface area contributed by atoms with Crippen LogP contribution >= 0.6 is 23.7 Å². The van der Waals surface area contributed by atoms with Gasteiger partial charge < -0.3 is 10.6 Å². The maximum atomic E-state index is 12.6. The van der Waals surface area contributed by atoms with Crippen molar-refractivity contribution in [2.24, 2.45) is 0 Å². The summed E-state index contributed by atoms with van der Waals surface area (Å²) in [4.78, 5) is 17.3. The summed E-state index contributed by atoms with van der Waals surface area (Å²) < 4.78 is 1.91. The number of carbonyl (C=O) groups excluding carboxylic acids is 1. The number of carbonyl (C=O) groups is 1. The topological polar surface area (TPSA) is 71.8 Å². The van der Waals surface area contributed by atoms with E-state index in [-0.39, 0.29) is 24.4 Å². The Bertz CT molecular complexity index is 904. The van der Waals surface area contributed by atoms with E-state index in [1.54, 1.807) is 17.4 Å². The summed E-state index contributed by atoms with van der Waals surface area (Å²) in [6.45, 7) is 3.91.